The second-order valence-electron chi connectivity index (χ2n) is 4.93. The normalized spacial score (nSPS) is 17.1. The van der Waals surface area contributed by atoms with Crippen molar-refractivity contribution in [1.29, 1.82) is 0 Å². The molecule has 1 unspecified atom stereocenters. The third-order valence-electron chi connectivity index (χ3n) is 3.32. The summed E-state index contributed by atoms with van der Waals surface area (Å²) in [6.07, 6.45) is 2.75. The van der Waals surface area contributed by atoms with Crippen LogP contribution in [-0.2, 0) is 11.2 Å². The van der Waals surface area contributed by atoms with Gasteiger partial charge >= 0.3 is 5.97 Å². The Hall–Kier alpha value is -1.50. The molecule has 1 aromatic heterocycles. The van der Waals surface area contributed by atoms with Gasteiger partial charge in [-0.1, -0.05) is 6.08 Å². The first kappa shape index (κ1) is 16.4. The highest BCUT2D eigenvalue weighted by Crippen LogP contribution is 2.45. The van der Waals surface area contributed by atoms with Crippen LogP contribution in [0, 0.1) is 0 Å². The zero-order chi connectivity index (χ0) is 16.4. The van der Waals surface area contributed by atoms with Gasteiger partial charge in [0.2, 0.25) is 0 Å². The van der Waals surface area contributed by atoms with Crippen molar-refractivity contribution < 1.29 is 14.6 Å². The third kappa shape index (κ3) is 3.71. The Kier molecular flexibility index (Phi) is 4.94. The maximum atomic E-state index is 11.1. The molecule has 0 amide bonds. The molecule has 0 aliphatic carbocycles. The number of halogens is 1. The molecule has 0 bridgehead atoms. The number of allylic oxidation sites excluding steroid dienone is 1. The fraction of sp³-hybridized carbons (Fsp3) is 0.250. The number of carboxylic acids is 1. The summed E-state index contributed by atoms with van der Waals surface area (Å²) in [6, 6.07) is 7.58. The number of benzene rings is 1. The van der Waals surface area contributed by atoms with E-state index in [0.717, 1.165) is 32.5 Å². The summed E-state index contributed by atoms with van der Waals surface area (Å²) in [5.41, 5.74) is 1.54. The van der Waals surface area contributed by atoms with Gasteiger partial charge in [0.25, 0.3) is 0 Å². The highest BCUT2D eigenvalue weighted by atomic mass is 35.5. The number of ether oxygens (including phenoxy) is 1. The minimum atomic E-state index is -0.885. The van der Waals surface area contributed by atoms with E-state index in [1.54, 1.807) is 18.9 Å². The quantitative estimate of drug-likeness (QED) is 0.789. The van der Waals surface area contributed by atoms with Crippen molar-refractivity contribution in [3.63, 3.8) is 0 Å². The zero-order valence-electron chi connectivity index (χ0n) is 12.3. The van der Waals surface area contributed by atoms with Crippen LogP contribution >= 0.6 is 34.7 Å². The Morgan fingerprint density at radius 2 is 2.17 bits per heavy atom. The van der Waals surface area contributed by atoms with Gasteiger partial charge in [-0.05, 0) is 30.7 Å². The van der Waals surface area contributed by atoms with Gasteiger partial charge in [-0.25, -0.2) is 4.98 Å². The van der Waals surface area contributed by atoms with Crippen LogP contribution in [0.1, 0.15) is 17.0 Å². The van der Waals surface area contributed by atoms with Gasteiger partial charge in [0.05, 0.1) is 28.8 Å². The van der Waals surface area contributed by atoms with E-state index in [-0.39, 0.29) is 11.1 Å². The van der Waals surface area contributed by atoms with Crippen LogP contribution in [0.25, 0.3) is 15.5 Å². The Labute approximate surface area is 147 Å². The summed E-state index contributed by atoms with van der Waals surface area (Å²) in [6.45, 7) is 0. The zero-order valence-corrected chi connectivity index (χ0v) is 14.7. The molecule has 23 heavy (non-hydrogen) atoms. The molecule has 2 aromatic rings. The maximum Gasteiger partial charge on any atom is 0.309 e. The maximum absolute atomic E-state index is 11.1. The molecule has 3 rings (SSSR count). The van der Waals surface area contributed by atoms with Gasteiger partial charge in [0.15, 0.2) is 0 Å². The lowest BCUT2D eigenvalue weighted by Crippen LogP contribution is -2.02. The summed E-state index contributed by atoms with van der Waals surface area (Å²) < 4.78 is 5.17. The molecule has 1 aromatic carbocycles. The number of thiazole rings is 1. The molecule has 7 heteroatoms. The standard InChI is InChI=1S/C16H14ClNO3S2/c1-21-10-4-2-9(3-5-10)16-18-11(8-14(19)20)15(23-16)12-6-7-13(17)22-12/h2-6,13H,7-8H2,1H3,(H,19,20). The van der Waals surface area contributed by atoms with Crippen molar-refractivity contribution in [2.24, 2.45) is 0 Å². The van der Waals surface area contributed by atoms with E-state index >= 15 is 0 Å². The highest BCUT2D eigenvalue weighted by Gasteiger charge is 2.23. The van der Waals surface area contributed by atoms with E-state index in [1.807, 2.05) is 24.3 Å². The van der Waals surface area contributed by atoms with Crippen molar-refractivity contribution in [3.05, 3.63) is 40.9 Å². The monoisotopic (exact) mass is 367 g/mol. The number of hydrogen-bond acceptors (Lipinski definition) is 5. The molecule has 1 atom stereocenters. The first-order valence-electron chi connectivity index (χ1n) is 6.94. The molecule has 4 nitrogen and oxygen atoms in total. The van der Waals surface area contributed by atoms with Gasteiger partial charge in [-0.15, -0.1) is 34.7 Å². The molecule has 1 aliphatic heterocycles. The first-order valence-corrected chi connectivity index (χ1v) is 9.07. The van der Waals surface area contributed by atoms with E-state index in [2.05, 4.69) is 11.1 Å². The molecule has 1 aliphatic rings. The van der Waals surface area contributed by atoms with E-state index in [1.165, 1.54) is 11.3 Å². The van der Waals surface area contributed by atoms with E-state index < -0.39 is 5.97 Å². The second-order valence-corrected chi connectivity index (χ2v) is 7.96. The number of aromatic nitrogens is 1. The summed E-state index contributed by atoms with van der Waals surface area (Å²) in [5, 5.41) is 9.93. The molecule has 0 saturated heterocycles. The van der Waals surface area contributed by atoms with Crippen molar-refractivity contribution in [3.8, 4) is 16.3 Å². The van der Waals surface area contributed by atoms with Crippen LogP contribution in [0.3, 0.4) is 0 Å². The molecule has 2 heterocycles. The number of carboxylic acid groups (broad SMARTS) is 1. The molecular weight excluding hydrogens is 354 g/mol. The predicted octanol–water partition coefficient (Wildman–Crippen LogP) is 4.49. The second kappa shape index (κ2) is 6.95. The summed E-state index contributed by atoms with van der Waals surface area (Å²) in [5.74, 6) is -0.112. The van der Waals surface area contributed by atoms with Crippen LogP contribution < -0.4 is 4.74 Å². The number of thioether (sulfide) groups is 1. The topological polar surface area (TPSA) is 59.4 Å². The average molecular weight is 368 g/mol. The SMILES string of the molecule is COc1ccc(-c2nc(CC(=O)O)c(C3=CCC(Cl)S3)s2)cc1. The predicted molar refractivity (Wildman–Crippen MR) is 95.3 cm³/mol. The molecule has 0 radical (unpaired) electrons. The van der Waals surface area contributed by atoms with Crippen LogP contribution in [0.2, 0.25) is 0 Å². The number of aliphatic carboxylic acids is 1. The summed E-state index contributed by atoms with van der Waals surface area (Å²) in [7, 11) is 1.62. The molecule has 0 spiro atoms. The smallest absolute Gasteiger partial charge is 0.309 e. The van der Waals surface area contributed by atoms with Crippen LogP contribution in [0.4, 0.5) is 0 Å². The molecular formula is C16H14ClNO3S2. The average Bonchev–Trinajstić information content (AvgIpc) is 3.13. The van der Waals surface area contributed by atoms with Gasteiger partial charge in [0, 0.05) is 10.5 Å². The third-order valence-corrected chi connectivity index (χ3v) is 6.15. The molecule has 0 fully saturated rings. The fourth-order valence-electron chi connectivity index (χ4n) is 2.24. The number of methoxy groups -OCH3 is 1. The minimum absolute atomic E-state index is 0.00853. The number of hydrogen-bond donors (Lipinski definition) is 1. The Balaban J connectivity index is 1.98. The van der Waals surface area contributed by atoms with E-state index in [9.17, 15) is 4.79 Å². The molecule has 120 valence electrons. The van der Waals surface area contributed by atoms with E-state index in [4.69, 9.17) is 21.4 Å². The van der Waals surface area contributed by atoms with Gasteiger partial charge < -0.3 is 9.84 Å². The Morgan fingerprint density at radius 3 is 2.74 bits per heavy atom. The van der Waals surface area contributed by atoms with Gasteiger partial charge in [-0.2, -0.15) is 0 Å². The van der Waals surface area contributed by atoms with E-state index in [0.29, 0.717) is 5.69 Å². The van der Waals surface area contributed by atoms with Crippen LogP contribution in [0.5, 0.6) is 5.75 Å². The number of carbonyl (C=O) groups is 1. The van der Waals surface area contributed by atoms with Crippen molar-refractivity contribution in [2.75, 3.05) is 7.11 Å². The summed E-state index contributed by atoms with van der Waals surface area (Å²) in [4.78, 5) is 17.6. The lowest BCUT2D eigenvalue weighted by molar-refractivity contribution is -0.136. The largest absolute Gasteiger partial charge is 0.497 e. The van der Waals surface area contributed by atoms with Crippen molar-refractivity contribution in [2.45, 2.75) is 17.6 Å². The van der Waals surface area contributed by atoms with Crippen molar-refractivity contribution in [1.82, 2.24) is 4.98 Å². The molecule has 0 saturated carbocycles. The van der Waals surface area contributed by atoms with Crippen LogP contribution in [0.15, 0.2) is 30.3 Å². The van der Waals surface area contributed by atoms with Crippen LogP contribution in [-0.4, -0.2) is 27.9 Å². The lowest BCUT2D eigenvalue weighted by atomic mass is 10.2. The van der Waals surface area contributed by atoms with Gasteiger partial charge in [-0.3, -0.25) is 4.79 Å². The Morgan fingerprint density at radius 1 is 1.43 bits per heavy atom. The number of rotatable bonds is 5. The number of alkyl halides is 1. The van der Waals surface area contributed by atoms with Crippen molar-refractivity contribution >= 4 is 45.6 Å². The van der Waals surface area contributed by atoms with Gasteiger partial charge in [0.1, 0.15) is 10.8 Å². The lowest BCUT2D eigenvalue weighted by Gasteiger charge is -2.01. The Bertz CT molecular complexity index is 755. The highest BCUT2D eigenvalue weighted by molar-refractivity contribution is 8.10. The minimum Gasteiger partial charge on any atom is -0.497 e. The fourth-order valence-corrected chi connectivity index (χ4v) is 4.80. The number of nitrogens with zero attached hydrogens (tertiary/aromatic N) is 1. The first-order chi connectivity index (χ1) is 11.1. The summed E-state index contributed by atoms with van der Waals surface area (Å²) >= 11 is 9.20. The molecule has 1 N–H and O–H groups in total.